The van der Waals surface area contributed by atoms with Gasteiger partial charge in [-0.05, 0) is 30.3 Å². The smallest absolute Gasteiger partial charge is 0.325 e. The Morgan fingerprint density at radius 1 is 0.963 bits per heavy atom. The number of benzene rings is 2. The van der Waals surface area contributed by atoms with Gasteiger partial charge in [-0.3, -0.25) is 9.59 Å². The summed E-state index contributed by atoms with van der Waals surface area (Å²) < 4.78 is 20.6. The van der Waals surface area contributed by atoms with E-state index in [2.05, 4.69) is 5.32 Å². The lowest BCUT2D eigenvalue weighted by Crippen LogP contribution is -2.30. The number of hydrogen-bond donors (Lipinski definition) is 1. The molecule has 0 atom stereocenters. The number of carbonyl (C=O) groups is 2. The van der Waals surface area contributed by atoms with Gasteiger partial charge < -0.3 is 24.3 Å². The van der Waals surface area contributed by atoms with E-state index in [1.54, 1.807) is 36.4 Å². The van der Waals surface area contributed by atoms with E-state index in [0.717, 1.165) is 0 Å². The highest BCUT2D eigenvalue weighted by Crippen LogP contribution is 2.24. The Morgan fingerprint density at radius 2 is 1.63 bits per heavy atom. The maximum Gasteiger partial charge on any atom is 0.325 e. The van der Waals surface area contributed by atoms with Crippen LogP contribution in [0.15, 0.2) is 36.4 Å². The quantitative estimate of drug-likeness (QED) is 0.694. The Kier molecular flexibility index (Phi) is 7.31. The first-order valence-electron chi connectivity index (χ1n) is 7.96. The van der Waals surface area contributed by atoms with Crippen LogP contribution in [0.2, 0.25) is 5.02 Å². The fraction of sp³-hybridized carbons (Fsp3) is 0.263. The molecule has 1 N–H and O–H groups in total. The number of halogens is 1. The van der Waals surface area contributed by atoms with Gasteiger partial charge in [0.15, 0.2) is 0 Å². The van der Waals surface area contributed by atoms with Crippen LogP contribution in [0.5, 0.6) is 17.2 Å². The zero-order valence-electron chi connectivity index (χ0n) is 15.2. The van der Waals surface area contributed by atoms with E-state index in [-0.39, 0.29) is 13.2 Å². The summed E-state index contributed by atoms with van der Waals surface area (Å²) in [4.78, 5) is 24.2. The van der Waals surface area contributed by atoms with Gasteiger partial charge in [0.1, 0.15) is 30.4 Å². The third-order valence-corrected chi connectivity index (χ3v) is 3.87. The predicted molar refractivity (Wildman–Crippen MR) is 99.7 cm³/mol. The number of ether oxygens (including phenoxy) is 4. The third-order valence-electron chi connectivity index (χ3n) is 3.64. The van der Waals surface area contributed by atoms with E-state index in [9.17, 15) is 9.59 Å². The average molecular weight is 394 g/mol. The molecule has 2 rings (SSSR count). The lowest BCUT2D eigenvalue weighted by atomic mass is 10.2. The molecule has 0 spiro atoms. The summed E-state index contributed by atoms with van der Waals surface area (Å²) in [5.41, 5.74) is 0.928. The van der Waals surface area contributed by atoms with E-state index < -0.39 is 11.9 Å². The number of carbonyl (C=O) groups excluding carboxylic acids is 2. The fourth-order valence-electron chi connectivity index (χ4n) is 2.26. The minimum Gasteiger partial charge on any atom is -0.497 e. The molecule has 144 valence electrons. The van der Waals surface area contributed by atoms with Gasteiger partial charge in [0, 0.05) is 22.2 Å². The fourth-order valence-corrected chi connectivity index (χ4v) is 2.46. The van der Waals surface area contributed by atoms with Crippen LogP contribution in [0.4, 0.5) is 0 Å². The van der Waals surface area contributed by atoms with Crippen LogP contribution in [-0.4, -0.2) is 39.8 Å². The maximum atomic E-state index is 12.2. The standard InChI is InChI=1S/C19H20ClNO6/c1-24-15-7-12(8-16(9-15)25-2)19(23)21-10-18(22)27-11-13-6-14(20)4-5-17(13)26-3/h4-9H,10-11H2,1-3H3,(H,21,23). The molecular weight excluding hydrogens is 374 g/mol. The second-order valence-corrected chi connectivity index (χ2v) is 5.84. The number of rotatable bonds is 8. The van der Waals surface area contributed by atoms with Crippen molar-refractivity contribution in [3.8, 4) is 17.2 Å². The molecule has 0 unspecified atom stereocenters. The van der Waals surface area contributed by atoms with Crippen LogP contribution in [0.25, 0.3) is 0 Å². The molecule has 0 heterocycles. The van der Waals surface area contributed by atoms with E-state index in [0.29, 0.717) is 33.4 Å². The van der Waals surface area contributed by atoms with Crippen molar-refractivity contribution in [3.05, 3.63) is 52.5 Å². The molecule has 0 saturated carbocycles. The molecular formula is C19H20ClNO6. The van der Waals surface area contributed by atoms with Gasteiger partial charge in [0.2, 0.25) is 0 Å². The summed E-state index contributed by atoms with van der Waals surface area (Å²) in [5.74, 6) is 0.440. The SMILES string of the molecule is COc1cc(OC)cc(C(=O)NCC(=O)OCc2cc(Cl)ccc2OC)c1. The molecule has 0 aliphatic carbocycles. The molecule has 0 aromatic heterocycles. The Morgan fingerprint density at radius 3 is 2.22 bits per heavy atom. The first-order chi connectivity index (χ1) is 13.0. The van der Waals surface area contributed by atoms with Crippen molar-refractivity contribution in [3.63, 3.8) is 0 Å². The summed E-state index contributed by atoms with van der Waals surface area (Å²) in [7, 11) is 4.48. The second kappa shape index (κ2) is 9.68. The first-order valence-corrected chi connectivity index (χ1v) is 8.34. The number of hydrogen-bond acceptors (Lipinski definition) is 6. The molecule has 1 amide bonds. The maximum absolute atomic E-state index is 12.2. The molecule has 0 saturated heterocycles. The van der Waals surface area contributed by atoms with Crippen LogP contribution in [0, 0.1) is 0 Å². The molecule has 2 aromatic carbocycles. The van der Waals surface area contributed by atoms with Gasteiger partial charge in [-0.1, -0.05) is 11.6 Å². The molecule has 0 fully saturated rings. The lowest BCUT2D eigenvalue weighted by molar-refractivity contribution is -0.143. The topological polar surface area (TPSA) is 83.1 Å². The summed E-state index contributed by atoms with van der Waals surface area (Å²) in [5, 5.41) is 3.00. The number of methoxy groups -OCH3 is 3. The second-order valence-electron chi connectivity index (χ2n) is 5.40. The van der Waals surface area contributed by atoms with E-state index in [4.69, 9.17) is 30.5 Å². The molecule has 0 bridgehead atoms. The lowest BCUT2D eigenvalue weighted by Gasteiger charge is -2.11. The Bertz CT molecular complexity index is 802. The van der Waals surface area contributed by atoms with Crippen LogP contribution in [-0.2, 0) is 16.1 Å². The number of esters is 1. The highest BCUT2D eigenvalue weighted by Gasteiger charge is 2.13. The third kappa shape index (κ3) is 5.79. The largest absolute Gasteiger partial charge is 0.497 e. The Hall–Kier alpha value is -2.93. The van der Waals surface area contributed by atoms with Crippen molar-refractivity contribution in [2.24, 2.45) is 0 Å². The monoisotopic (exact) mass is 393 g/mol. The normalized spacial score (nSPS) is 10.1. The summed E-state index contributed by atoms with van der Waals surface area (Å²) in [6.07, 6.45) is 0. The summed E-state index contributed by atoms with van der Waals surface area (Å²) >= 11 is 5.94. The van der Waals surface area contributed by atoms with Crippen LogP contribution < -0.4 is 19.5 Å². The Balaban J connectivity index is 1.92. The van der Waals surface area contributed by atoms with Crippen molar-refractivity contribution in [2.75, 3.05) is 27.9 Å². The van der Waals surface area contributed by atoms with Gasteiger partial charge in [-0.15, -0.1) is 0 Å². The molecule has 27 heavy (non-hydrogen) atoms. The number of amides is 1. The minimum atomic E-state index is -0.597. The van der Waals surface area contributed by atoms with Crippen LogP contribution in [0.3, 0.4) is 0 Å². The molecule has 7 nitrogen and oxygen atoms in total. The highest BCUT2D eigenvalue weighted by atomic mass is 35.5. The van der Waals surface area contributed by atoms with Gasteiger partial charge in [-0.2, -0.15) is 0 Å². The van der Waals surface area contributed by atoms with Crippen molar-refractivity contribution in [1.29, 1.82) is 0 Å². The van der Waals surface area contributed by atoms with Gasteiger partial charge in [-0.25, -0.2) is 0 Å². The predicted octanol–water partition coefficient (Wildman–Crippen LogP) is 2.84. The van der Waals surface area contributed by atoms with E-state index in [1.165, 1.54) is 21.3 Å². The zero-order chi connectivity index (χ0) is 19.8. The van der Waals surface area contributed by atoms with Crippen molar-refractivity contribution >= 4 is 23.5 Å². The molecule has 2 aromatic rings. The zero-order valence-corrected chi connectivity index (χ0v) is 16.0. The average Bonchev–Trinajstić information content (AvgIpc) is 2.69. The molecule has 0 aliphatic heterocycles. The summed E-state index contributed by atoms with van der Waals surface area (Å²) in [6, 6.07) is 9.73. The minimum absolute atomic E-state index is 0.0224. The highest BCUT2D eigenvalue weighted by molar-refractivity contribution is 6.30. The number of nitrogens with one attached hydrogen (secondary N) is 1. The molecule has 0 aliphatic rings. The van der Waals surface area contributed by atoms with Gasteiger partial charge in [0.25, 0.3) is 5.91 Å². The van der Waals surface area contributed by atoms with Crippen molar-refractivity contribution in [1.82, 2.24) is 5.32 Å². The van der Waals surface area contributed by atoms with Crippen molar-refractivity contribution in [2.45, 2.75) is 6.61 Å². The van der Waals surface area contributed by atoms with Gasteiger partial charge >= 0.3 is 5.97 Å². The van der Waals surface area contributed by atoms with Gasteiger partial charge in [0.05, 0.1) is 21.3 Å². The van der Waals surface area contributed by atoms with Crippen molar-refractivity contribution < 1.29 is 28.5 Å². The molecule has 0 radical (unpaired) electrons. The van der Waals surface area contributed by atoms with E-state index in [1.807, 2.05) is 0 Å². The van der Waals surface area contributed by atoms with Crippen LogP contribution in [0.1, 0.15) is 15.9 Å². The molecule has 8 heteroatoms. The van der Waals surface area contributed by atoms with E-state index >= 15 is 0 Å². The van der Waals surface area contributed by atoms with Crippen LogP contribution >= 0.6 is 11.6 Å². The first kappa shape index (κ1) is 20.4. The summed E-state index contributed by atoms with van der Waals surface area (Å²) in [6.45, 7) is -0.313. The Labute approximate surface area is 162 Å².